The van der Waals surface area contributed by atoms with Gasteiger partial charge in [0.05, 0.1) is 0 Å². The lowest BCUT2D eigenvalue weighted by Crippen LogP contribution is -2.48. The Morgan fingerprint density at radius 3 is 2.39 bits per heavy atom. The van der Waals surface area contributed by atoms with Crippen molar-refractivity contribution >= 4 is 0 Å². The maximum atomic E-state index is 6.48. The second-order valence-corrected chi connectivity index (χ2v) is 5.40. The van der Waals surface area contributed by atoms with E-state index >= 15 is 0 Å². The average Bonchev–Trinajstić information content (AvgIpc) is 2.40. The van der Waals surface area contributed by atoms with Crippen molar-refractivity contribution in [2.24, 2.45) is 5.73 Å². The number of hydrogen-bond acceptors (Lipinski definition) is 2. The molecule has 0 amide bonds. The molecule has 2 heteroatoms. The van der Waals surface area contributed by atoms with Gasteiger partial charge in [0.15, 0.2) is 0 Å². The predicted molar refractivity (Wildman–Crippen MR) is 75.6 cm³/mol. The van der Waals surface area contributed by atoms with Gasteiger partial charge in [0.25, 0.3) is 0 Å². The molecule has 1 aromatic carbocycles. The molecule has 1 fully saturated rings. The SMILES string of the molecule is CC(C)=CC(N)C1(c2ccccc2)CCOCC1. The Labute approximate surface area is 110 Å². The summed E-state index contributed by atoms with van der Waals surface area (Å²) in [6, 6.07) is 10.7. The molecule has 1 atom stereocenters. The van der Waals surface area contributed by atoms with Crippen LogP contribution in [-0.4, -0.2) is 19.3 Å². The molecule has 0 bridgehead atoms. The van der Waals surface area contributed by atoms with Crippen LogP contribution < -0.4 is 5.73 Å². The van der Waals surface area contributed by atoms with Crippen molar-refractivity contribution in [3.05, 3.63) is 47.5 Å². The molecule has 0 spiro atoms. The number of benzene rings is 1. The van der Waals surface area contributed by atoms with Gasteiger partial charge in [-0.3, -0.25) is 0 Å². The molecule has 0 radical (unpaired) electrons. The third-order valence-corrected chi connectivity index (χ3v) is 3.88. The van der Waals surface area contributed by atoms with Gasteiger partial charge in [0, 0.05) is 24.7 Å². The summed E-state index contributed by atoms with van der Waals surface area (Å²) in [4.78, 5) is 0. The van der Waals surface area contributed by atoms with Gasteiger partial charge in [0.2, 0.25) is 0 Å². The predicted octanol–water partition coefficient (Wildman–Crippen LogP) is 3.03. The summed E-state index contributed by atoms with van der Waals surface area (Å²) in [5.74, 6) is 0. The topological polar surface area (TPSA) is 35.2 Å². The number of nitrogens with two attached hydrogens (primary N) is 1. The minimum Gasteiger partial charge on any atom is -0.381 e. The zero-order chi connectivity index (χ0) is 13.0. The zero-order valence-corrected chi connectivity index (χ0v) is 11.4. The normalized spacial score (nSPS) is 20.2. The Kier molecular flexibility index (Phi) is 4.20. The minimum atomic E-state index is 0.0385. The summed E-state index contributed by atoms with van der Waals surface area (Å²) in [5.41, 5.74) is 9.15. The van der Waals surface area contributed by atoms with Crippen molar-refractivity contribution in [3.63, 3.8) is 0 Å². The van der Waals surface area contributed by atoms with E-state index in [2.05, 4.69) is 50.3 Å². The van der Waals surface area contributed by atoms with Gasteiger partial charge >= 0.3 is 0 Å². The van der Waals surface area contributed by atoms with Crippen molar-refractivity contribution in [3.8, 4) is 0 Å². The molecule has 1 aliphatic rings. The fourth-order valence-corrected chi connectivity index (χ4v) is 2.84. The molecule has 2 N–H and O–H groups in total. The highest BCUT2D eigenvalue weighted by molar-refractivity contribution is 5.31. The second-order valence-electron chi connectivity index (χ2n) is 5.40. The van der Waals surface area contributed by atoms with Crippen LogP contribution in [0.4, 0.5) is 0 Å². The molecule has 0 saturated carbocycles. The maximum absolute atomic E-state index is 6.48. The van der Waals surface area contributed by atoms with E-state index in [0.29, 0.717) is 0 Å². The third-order valence-electron chi connectivity index (χ3n) is 3.88. The van der Waals surface area contributed by atoms with E-state index in [0.717, 1.165) is 26.1 Å². The Bertz CT molecular complexity index is 400. The third kappa shape index (κ3) is 2.65. The summed E-state index contributed by atoms with van der Waals surface area (Å²) >= 11 is 0. The van der Waals surface area contributed by atoms with E-state index < -0.39 is 0 Å². The lowest BCUT2D eigenvalue weighted by atomic mass is 9.68. The first kappa shape index (κ1) is 13.3. The van der Waals surface area contributed by atoms with Crippen molar-refractivity contribution in [2.75, 3.05) is 13.2 Å². The minimum absolute atomic E-state index is 0.0385. The molecule has 1 heterocycles. The van der Waals surface area contributed by atoms with E-state index in [9.17, 15) is 0 Å². The van der Waals surface area contributed by atoms with Crippen LogP contribution in [0.15, 0.2) is 42.0 Å². The molecule has 1 aliphatic heterocycles. The number of ether oxygens (including phenoxy) is 1. The van der Waals surface area contributed by atoms with Crippen LogP contribution in [0.3, 0.4) is 0 Å². The van der Waals surface area contributed by atoms with Crippen LogP contribution in [0.1, 0.15) is 32.3 Å². The molecule has 1 saturated heterocycles. The van der Waals surface area contributed by atoms with Crippen molar-refractivity contribution in [1.29, 1.82) is 0 Å². The summed E-state index contributed by atoms with van der Waals surface area (Å²) in [7, 11) is 0. The summed E-state index contributed by atoms with van der Waals surface area (Å²) in [5, 5.41) is 0. The Morgan fingerprint density at radius 2 is 1.83 bits per heavy atom. The quantitative estimate of drug-likeness (QED) is 0.831. The first-order valence-electron chi connectivity index (χ1n) is 6.69. The average molecular weight is 245 g/mol. The highest BCUT2D eigenvalue weighted by atomic mass is 16.5. The maximum Gasteiger partial charge on any atom is 0.0475 e. The molecular formula is C16H23NO. The molecule has 1 aromatic rings. The molecule has 2 rings (SSSR count). The summed E-state index contributed by atoms with van der Waals surface area (Å²) in [6.45, 7) is 5.83. The summed E-state index contributed by atoms with van der Waals surface area (Å²) < 4.78 is 5.53. The van der Waals surface area contributed by atoms with Crippen molar-refractivity contribution in [2.45, 2.75) is 38.1 Å². The van der Waals surface area contributed by atoms with E-state index in [1.807, 2.05) is 0 Å². The van der Waals surface area contributed by atoms with Gasteiger partial charge < -0.3 is 10.5 Å². The van der Waals surface area contributed by atoms with E-state index in [4.69, 9.17) is 10.5 Å². The van der Waals surface area contributed by atoms with Gasteiger partial charge in [-0.2, -0.15) is 0 Å². The fourth-order valence-electron chi connectivity index (χ4n) is 2.84. The van der Waals surface area contributed by atoms with Crippen LogP contribution >= 0.6 is 0 Å². The first-order chi connectivity index (χ1) is 8.65. The molecule has 1 unspecified atom stereocenters. The van der Waals surface area contributed by atoms with Gasteiger partial charge in [-0.1, -0.05) is 42.0 Å². The standard InChI is InChI=1S/C16H23NO/c1-13(2)12-15(17)16(8-10-18-11-9-16)14-6-4-3-5-7-14/h3-7,12,15H,8-11,17H2,1-2H3. The van der Waals surface area contributed by atoms with E-state index in [1.54, 1.807) is 0 Å². The Morgan fingerprint density at radius 1 is 1.22 bits per heavy atom. The second kappa shape index (κ2) is 5.68. The molecular weight excluding hydrogens is 222 g/mol. The van der Waals surface area contributed by atoms with Gasteiger partial charge in [-0.25, -0.2) is 0 Å². The molecule has 0 aliphatic carbocycles. The van der Waals surface area contributed by atoms with Gasteiger partial charge in [0.1, 0.15) is 0 Å². The lowest BCUT2D eigenvalue weighted by molar-refractivity contribution is 0.0453. The monoisotopic (exact) mass is 245 g/mol. The highest BCUT2D eigenvalue weighted by Crippen LogP contribution is 2.38. The lowest BCUT2D eigenvalue weighted by Gasteiger charge is -2.41. The largest absolute Gasteiger partial charge is 0.381 e. The highest BCUT2D eigenvalue weighted by Gasteiger charge is 2.38. The van der Waals surface area contributed by atoms with Crippen LogP contribution in [0.25, 0.3) is 0 Å². The van der Waals surface area contributed by atoms with Crippen LogP contribution in [-0.2, 0) is 10.2 Å². The van der Waals surface area contributed by atoms with E-state index in [1.165, 1.54) is 11.1 Å². The summed E-state index contributed by atoms with van der Waals surface area (Å²) in [6.07, 6.45) is 4.20. The van der Waals surface area contributed by atoms with Crippen molar-refractivity contribution < 1.29 is 4.74 Å². The van der Waals surface area contributed by atoms with Gasteiger partial charge in [-0.05, 0) is 32.3 Å². The van der Waals surface area contributed by atoms with Crippen molar-refractivity contribution in [1.82, 2.24) is 0 Å². The fraction of sp³-hybridized carbons (Fsp3) is 0.500. The number of allylic oxidation sites excluding steroid dienone is 1. The molecule has 98 valence electrons. The Balaban J connectivity index is 2.37. The van der Waals surface area contributed by atoms with E-state index in [-0.39, 0.29) is 11.5 Å². The van der Waals surface area contributed by atoms with Crippen LogP contribution in [0.5, 0.6) is 0 Å². The molecule has 2 nitrogen and oxygen atoms in total. The smallest absolute Gasteiger partial charge is 0.0475 e. The first-order valence-corrected chi connectivity index (χ1v) is 6.69. The van der Waals surface area contributed by atoms with Crippen LogP contribution in [0, 0.1) is 0 Å². The Hall–Kier alpha value is -1.12. The number of rotatable bonds is 3. The molecule has 0 aromatic heterocycles. The molecule has 18 heavy (non-hydrogen) atoms. The van der Waals surface area contributed by atoms with Crippen LogP contribution in [0.2, 0.25) is 0 Å². The number of hydrogen-bond donors (Lipinski definition) is 1. The zero-order valence-electron chi connectivity index (χ0n) is 11.4. The van der Waals surface area contributed by atoms with Gasteiger partial charge in [-0.15, -0.1) is 0 Å².